The second kappa shape index (κ2) is 6.08. The minimum atomic E-state index is -0.601. The van der Waals surface area contributed by atoms with Crippen LogP contribution in [0.1, 0.15) is 42.2 Å². The Kier molecular flexibility index (Phi) is 4.63. The van der Waals surface area contributed by atoms with Gasteiger partial charge in [0.25, 0.3) is 0 Å². The van der Waals surface area contributed by atoms with Gasteiger partial charge >= 0.3 is 0 Å². The van der Waals surface area contributed by atoms with E-state index in [1.165, 1.54) is 4.88 Å². The van der Waals surface area contributed by atoms with Gasteiger partial charge in [-0.25, -0.2) is 0 Å². The summed E-state index contributed by atoms with van der Waals surface area (Å²) in [7, 11) is 0. The molecule has 0 fully saturated rings. The Morgan fingerprint density at radius 3 is 2.30 bits per heavy atom. The van der Waals surface area contributed by atoms with Crippen molar-refractivity contribution in [2.45, 2.75) is 44.8 Å². The van der Waals surface area contributed by atoms with Gasteiger partial charge in [-0.05, 0) is 29.5 Å². The van der Waals surface area contributed by atoms with E-state index in [4.69, 9.17) is 5.73 Å². The number of aliphatic hydroxyl groups is 1. The zero-order valence-corrected chi connectivity index (χ0v) is 13.2. The van der Waals surface area contributed by atoms with Crippen molar-refractivity contribution in [2.75, 3.05) is 0 Å². The number of hydrogen-bond donors (Lipinski definition) is 2. The summed E-state index contributed by atoms with van der Waals surface area (Å²) in [6.07, 6.45) is 0.0846. The first-order chi connectivity index (χ1) is 9.38. The van der Waals surface area contributed by atoms with Gasteiger partial charge in [-0.1, -0.05) is 51.1 Å². The minimum Gasteiger partial charge on any atom is -0.386 e. The van der Waals surface area contributed by atoms with Crippen molar-refractivity contribution in [1.82, 2.24) is 0 Å². The third kappa shape index (κ3) is 3.69. The normalized spacial score (nSPS) is 15.1. The number of thiophene rings is 1. The summed E-state index contributed by atoms with van der Waals surface area (Å²) >= 11 is 1.66. The van der Waals surface area contributed by atoms with Crippen molar-refractivity contribution < 1.29 is 5.11 Å². The molecule has 1 aromatic carbocycles. The lowest BCUT2D eigenvalue weighted by Crippen LogP contribution is -2.30. The van der Waals surface area contributed by atoms with E-state index >= 15 is 0 Å². The van der Waals surface area contributed by atoms with Gasteiger partial charge in [-0.3, -0.25) is 0 Å². The van der Waals surface area contributed by atoms with Gasteiger partial charge in [0, 0.05) is 15.8 Å². The lowest BCUT2D eigenvalue weighted by atomic mass is 9.95. The fourth-order valence-electron chi connectivity index (χ4n) is 2.12. The molecule has 2 rings (SSSR count). The van der Waals surface area contributed by atoms with Gasteiger partial charge in [-0.2, -0.15) is 0 Å². The Hall–Kier alpha value is -1.16. The molecule has 2 atom stereocenters. The Morgan fingerprint density at radius 1 is 1.10 bits per heavy atom. The highest BCUT2D eigenvalue weighted by Gasteiger charge is 2.22. The Labute approximate surface area is 125 Å². The predicted octanol–water partition coefficient (Wildman–Crippen LogP) is 3.65. The smallest absolute Gasteiger partial charge is 0.104 e. The van der Waals surface area contributed by atoms with Crippen LogP contribution in [0.5, 0.6) is 0 Å². The summed E-state index contributed by atoms with van der Waals surface area (Å²) < 4.78 is 0. The second-order valence-corrected chi connectivity index (χ2v) is 7.37. The third-order valence-corrected chi connectivity index (χ3v) is 4.96. The molecule has 2 unspecified atom stereocenters. The number of nitrogens with two attached hydrogens (primary N) is 1. The van der Waals surface area contributed by atoms with Crippen LogP contribution in [-0.2, 0) is 11.8 Å². The molecule has 0 amide bonds. The predicted molar refractivity (Wildman–Crippen MR) is 86.1 cm³/mol. The minimum absolute atomic E-state index is 0.117. The molecule has 0 bridgehead atoms. The summed E-state index contributed by atoms with van der Waals surface area (Å²) in [5.41, 5.74) is 7.43. The van der Waals surface area contributed by atoms with Crippen LogP contribution in [0, 0.1) is 0 Å². The van der Waals surface area contributed by atoms with Crippen molar-refractivity contribution in [3.63, 3.8) is 0 Å². The highest BCUT2D eigenvalue weighted by Crippen LogP contribution is 2.33. The first kappa shape index (κ1) is 15.2. The number of aliphatic hydroxyl groups excluding tert-OH is 1. The van der Waals surface area contributed by atoms with Crippen LogP contribution in [0.15, 0.2) is 42.5 Å². The summed E-state index contributed by atoms with van der Waals surface area (Å²) in [4.78, 5) is 2.23. The summed E-state index contributed by atoms with van der Waals surface area (Å²) in [6.45, 7) is 6.54. The largest absolute Gasteiger partial charge is 0.386 e. The van der Waals surface area contributed by atoms with Crippen LogP contribution in [0.3, 0.4) is 0 Å². The van der Waals surface area contributed by atoms with Crippen LogP contribution in [0.25, 0.3) is 0 Å². The lowest BCUT2D eigenvalue weighted by molar-refractivity contribution is 0.150. The van der Waals surface area contributed by atoms with Gasteiger partial charge in [0.05, 0.1) is 0 Å². The molecule has 20 heavy (non-hydrogen) atoms. The van der Waals surface area contributed by atoms with Crippen LogP contribution in [-0.4, -0.2) is 11.1 Å². The molecule has 0 saturated carbocycles. The summed E-state index contributed by atoms with van der Waals surface area (Å²) in [5, 5.41) is 10.4. The number of hydrogen-bond acceptors (Lipinski definition) is 3. The van der Waals surface area contributed by atoms with Gasteiger partial charge in [0.1, 0.15) is 6.10 Å². The zero-order chi connectivity index (χ0) is 14.8. The Balaban J connectivity index is 2.07. The van der Waals surface area contributed by atoms with E-state index < -0.39 is 6.10 Å². The maximum absolute atomic E-state index is 10.4. The van der Waals surface area contributed by atoms with E-state index in [-0.39, 0.29) is 11.5 Å². The molecule has 0 aliphatic carbocycles. The first-order valence-corrected chi connectivity index (χ1v) is 7.77. The van der Waals surface area contributed by atoms with Crippen molar-refractivity contribution in [3.05, 3.63) is 57.8 Å². The molecule has 1 aromatic heterocycles. The molecule has 0 radical (unpaired) electrons. The maximum Gasteiger partial charge on any atom is 0.104 e. The van der Waals surface area contributed by atoms with E-state index in [1.54, 1.807) is 11.3 Å². The molecule has 108 valence electrons. The van der Waals surface area contributed by atoms with Crippen molar-refractivity contribution in [2.24, 2.45) is 5.73 Å². The van der Waals surface area contributed by atoms with Crippen LogP contribution >= 0.6 is 11.3 Å². The average Bonchev–Trinajstić information content (AvgIpc) is 2.88. The quantitative estimate of drug-likeness (QED) is 0.902. The van der Waals surface area contributed by atoms with E-state index in [0.717, 1.165) is 10.4 Å². The maximum atomic E-state index is 10.4. The van der Waals surface area contributed by atoms with E-state index in [2.05, 4.69) is 26.8 Å². The Morgan fingerprint density at radius 2 is 1.75 bits per heavy atom. The molecule has 3 N–H and O–H groups in total. The lowest BCUT2D eigenvalue weighted by Gasteiger charge is -2.19. The highest BCUT2D eigenvalue weighted by molar-refractivity contribution is 7.12. The number of rotatable bonds is 4. The molecule has 0 saturated heterocycles. The zero-order valence-electron chi connectivity index (χ0n) is 12.3. The van der Waals surface area contributed by atoms with Gasteiger partial charge in [0.15, 0.2) is 0 Å². The first-order valence-electron chi connectivity index (χ1n) is 6.95. The fourth-order valence-corrected chi connectivity index (χ4v) is 3.25. The van der Waals surface area contributed by atoms with Crippen LogP contribution < -0.4 is 5.73 Å². The van der Waals surface area contributed by atoms with Gasteiger partial charge < -0.3 is 10.8 Å². The standard InChI is InChI=1S/C17H23NOS/c1-17(2,3)15-10-9-14(20-15)16(19)13(18)11-12-7-5-4-6-8-12/h4-10,13,16,19H,11,18H2,1-3H3. The van der Waals surface area contributed by atoms with Crippen molar-refractivity contribution >= 4 is 11.3 Å². The number of benzene rings is 1. The molecule has 2 nitrogen and oxygen atoms in total. The Bertz CT molecular complexity index is 542. The van der Waals surface area contributed by atoms with Crippen molar-refractivity contribution in [1.29, 1.82) is 0 Å². The summed E-state index contributed by atoms with van der Waals surface area (Å²) in [6, 6.07) is 13.9. The van der Waals surface area contributed by atoms with Gasteiger partial charge in [-0.15, -0.1) is 11.3 Å². The SMILES string of the molecule is CC(C)(C)c1ccc(C(O)C(N)Cc2ccccc2)s1. The average molecular weight is 289 g/mol. The summed E-state index contributed by atoms with van der Waals surface area (Å²) in [5.74, 6) is 0. The molecule has 1 heterocycles. The monoisotopic (exact) mass is 289 g/mol. The molecule has 0 aliphatic heterocycles. The molecular formula is C17H23NOS. The highest BCUT2D eigenvalue weighted by atomic mass is 32.1. The molecular weight excluding hydrogens is 266 g/mol. The topological polar surface area (TPSA) is 46.2 Å². The molecule has 0 aliphatic rings. The van der Waals surface area contributed by atoms with Gasteiger partial charge in [0.2, 0.25) is 0 Å². The van der Waals surface area contributed by atoms with E-state index in [1.807, 2.05) is 36.4 Å². The van der Waals surface area contributed by atoms with Crippen LogP contribution in [0.4, 0.5) is 0 Å². The molecule has 3 heteroatoms. The molecule has 2 aromatic rings. The van der Waals surface area contributed by atoms with Crippen molar-refractivity contribution in [3.8, 4) is 0 Å². The van der Waals surface area contributed by atoms with E-state index in [9.17, 15) is 5.11 Å². The fraction of sp³-hybridized carbons (Fsp3) is 0.412. The third-order valence-electron chi connectivity index (χ3n) is 3.38. The molecule has 0 spiro atoms. The van der Waals surface area contributed by atoms with E-state index in [0.29, 0.717) is 6.42 Å². The van der Waals surface area contributed by atoms with Crippen LogP contribution in [0.2, 0.25) is 0 Å². The second-order valence-electron chi connectivity index (χ2n) is 6.25.